The van der Waals surface area contributed by atoms with Gasteiger partial charge in [0.2, 0.25) is 5.91 Å². The zero-order valence-corrected chi connectivity index (χ0v) is 9.50. The summed E-state index contributed by atoms with van der Waals surface area (Å²) in [5.41, 5.74) is 7.49. The molecule has 3 nitrogen and oxygen atoms in total. The number of amides is 1. The predicted octanol–water partition coefficient (Wildman–Crippen LogP) is 1.60. The topological polar surface area (TPSA) is 41.1 Å². The lowest BCUT2D eigenvalue weighted by molar-refractivity contribution is -0.121. The summed E-state index contributed by atoms with van der Waals surface area (Å²) in [5, 5.41) is 0. The highest BCUT2D eigenvalue weighted by atomic mass is 16.2. The molecule has 0 atom stereocenters. The molecule has 0 aromatic heterocycles. The van der Waals surface area contributed by atoms with Crippen molar-refractivity contribution < 1.29 is 4.79 Å². The molecular weight excluding hydrogens is 188 g/mol. The molecule has 0 radical (unpaired) electrons. The Morgan fingerprint density at radius 2 is 1.87 bits per heavy atom. The van der Waals surface area contributed by atoms with Gasteiger partial charge in [0.05, 0.1) is 6.42 Å². The SMILES string of the molecule is CNNC(=O)Cc1ccc(C(C)C)cc1. The van der Waals surface area contributed by atoms with Crippen molar-refractivity contribution in [1.29, 1.82) is 0 Å². The minimum atomic E-state index is -0.0187. The second-order valence-corrected chi connectivity index (χ2v) is 3.87. The number of hydrogen-bond acceptors (Lipinski definition) is 2. The first kappa shape index (κ1) is 11.7. The Bertz CT molecular complexity index is 317. The molecule has 1 aromatic carbocycles. The fraction of sp³-hybridized carbons (Fsp3) is 0.417. The van der Waals surface area contributed by atoms with Gasteiger partial charge in [0.25, 0.3) is 0 Å². The lowest BCUT2D eigenvalue weighted by Gasteiger charge is -2.07. The molecule has 3 heteroatoms. The average Bonchev–Trinajstić information content (AvgIpc) is 2.18. The van der Waals surface area contributed by atoms with Crippen molar-refractivity contribution in [1.82, 2.24) is 10.9 Å². The number of hydrazine groups is 1. The van der Waals surface area contributed by atoms with Crippen LogP contribution in [0.15, 0.2) is 24.3 Å². The van der Waals surface area contributed by atoms with E-state index < -0.39 is 0 Å². The van der Waals surface area contributed by atoms with Gasteiger partial charge < -0.3 is 0 Å². The second kappa shape index (κ2) is 5.51. The maximum Gasteiger partial charge on any atom is 0.238 e. The van der Waals surface area contributed by atoms with Gasteiger partial charge >= 0.3 is 0 Å². The zero-order valence-electron chi connectivity index (χ0n) is 9.50. The maximum absolute atomic E-state index is 11.3. The third-order valence-electron chi connectivity index (χ3n) is 2.28. The molecule has 0 aliphatic rings. The van der Waals surface area contributed by atoms with Crippen LogP contribution in [0.1, 0.15) is 30.9 Å². The first-order valence-electron chi connectivity index (χ1n) is 5.18. The molecule has 1 rings (SSSR count). The van der Waals surface area contributed by atoms with Gasteiger partial charge in [0.15, 0.2) is 0 Å². The van der Waals surface area contributed by atoms with Crippen molar-refractivity contribution in [2.24, 2.45) is 0 Å². The largest absolute Gasteiger partial charge is 0.292 e. The second-order valence-electron chi connectivity index (χ2n) is 3.87. The van der Waals surface area contributed by atoms with Crippen LogP contribution in [0.2, 0.25) is 0 Å². The molecule has 0 bridgehead atoms. The van der Waals surface area contributed by atoms with Crippen LogP contribution < -0.4 is 10.9 Å². The maximum atomic E-state index is 11.3. The van der Waals surface area contributed by atoms with Gasteiger partial charge in [-0.25, -0.2) is 5.43 Å². The van der Waals surface area contributed by atoms with Crippen LogP contribution in [0.3, 0.4) is 0 Å². The Morgan fingerprint density at radius 1 is 1.27 bits per heavy atom. The van der Waals surface area contributed by atoms with Gasteiger partial charge in [-0.15, -0.1) is 0 Å². The van der Waals surface area contributed by atoms with Crippen LogP contribution in [0, 0.1) is 0 Å². The molecule has 0 unspecified atom stereocenters. The lowest BCUT2D eigenvalue weighted by atomic mass is 10.0. The van der Waals surface area contributed by atoms with E-state index in [-0.39, 0.29) is 5.91 Å². The quantitative estimate of drug-likeness (QED) is 0.735. The lowest BCUT2D eigenvalue weighted by Crippen LogP contribution is -2.35. The normalized spacial score (nSPS) is 10.4. The van der Waals surface area contributed by atoms with E-state index in [1.165, 1.54) is 5.56 Å². The van der Waals surface area contributed by atoms with Crippen molar-refractivity contribution in [2.75, 3.05) is 7.05 Å². The van der Waals surface area contributed by atoms with E-state index in [9.17, 15) is 4.79 Å². The van der Waals surface area contributed by atoms with Gasteiger partial charge in [0.1, 0.15) is 0 Å². The van der Waals surface area contributed by atoms with Crippen molar-refractivity contribution in [2.45, 2.75) is 26.2 Å². The summed E-state index contributed by atoms with van der Waals surface area (Å²) in [6.45, 7) is 4.31. The minimum Gasteiger partial charge on any atom is -0.292 e. The van der Waals surface area contributed by atoms with Gasteiger partial charge in [-0.3, -0.25) is 10.2 Å². The molecule has 82 valence electrons. The molecular formula is C12H18N2O. The van der Waals surface area contributed by atoms with Crippen molar-refractivity contribution >= 4 is 5.91 Å². The first-order chi connectivity index (χ1) is 7.13. The molecule has 0 fully saturated rings. The Hall–Kier alpha value is -1.35. The summed E-state index contributed by atoms with van der Waals surface area (Å²) in [6.07, 6.45) is 0.416. The highest BCUT2D eigenvalue weighted by Crippen LogP contribution is 2.14. The zero-order chi connectivity index (χ0) is 11.3. The van der Waals surface area contributed by atoms with E-state index in [0.717, 1.165) is 5.56 Å². The molecule has 2 N–H and O–H groups in total. The van der Waals surface area contributed by atoms with Crippen LogP contribution >= 0.6 is 0 Å². The van der Waals surface area contributed by atoms with Crippen molar-refractivity contribution in [3.8, 4) is 0 Å². The molecule has 1 aromatic rings. The monoisotopic (exact) mass is 206 g/mol. The molecule has 0 aliphatic carbocycles. The summed E-state index contributed by atoms with van der Waals surface area (Å²) in [7, 11) is 1.68. The van der Waals surface area contributed by atoms with E-state index in [1.807, 2.05) is 12.1 Å². The number of benzene rings is 1. The standard InChI is InChI=1S/C12H18N2O/c1-9(2)11-6-4-10(5-7-11)8-12(15)14-13-3/h4-7,9,13H,8H2,1-3H3,(H,14,15). The van der Waals surface area contributed by atoms with E-state index in [0.29, 0.717) is 12.3 Å². The van der Waals surface area contributed by atoms with E-state index in [1.54, 1.807) is 7.05 Å². The first-order valence-corrected chi connectivity index (χ1v) is 5.18. The van der Waals surface area contributed by atoms with Crippen LogP contribution in [0.5, 0.6) is 0 Å². The minimum absolute atomic E-state index is 0.0187. The summed E-state index contributed by atoms with van der Waals surface area (Å²) in [4.78, 5) is 11.3. The number of carbonyl (C=O) groups is 1. The summed E-state index contributed by atoms with van der Waals surface area (Å²) < 4.78 is 0. The molecule has 15 heavy (non-hydrogen) atoms. The molecule has 0 heterocycles. The number of rotatable bonds is 4. The predicted molar refractivity (Wildman–Crippen MR) is 61.4 cm³/mol. The molecule has 0 spiro atoms. The molecule has 0 aliphatic heterocycles. The fourth-order valence-electron chi connectivity index (χ4n) is 1.39. The van der Waals surface area contributed by atoms with E-state index in [4.69, 9.17) is 0 Å². The smallest absolute Gasteiger partial charge is 0.238 e. The number of nitrogens with one attached hydrogen (secondary N) is 2. The molecule has 0 saturated carbocycles. The highest BCUT2D eigenvalue weighted by Gasteiger charge is 2.03. The van der Waals surface area contributed by atoms with E-state index >= 15 is 0 Å². The van der Waals surface area contributed by atoms with Gasteiger partial charge in [-0.2, -0.15) is 0 Å². The van der Waals surface area contributed by atoms with Crippen LogP contribution in [-0.2, 0) is 11.2 Å². The van der Waals surface area contributed by atoms with Crippen molar-refractivity contribution in [3.63, 3.8) is 0 Å². The van der Waals surface area contributed by atoms with Crippen LogP contribution in [-0.4, -0.2) is 13.0 Å². The Labute approximate surface area is 90.9 Å². The Balaban J connectivity index is 2.60. The summed E-state index contributed by atoms with van der Waals surface area (Å²) in [5.74, 6) is 0.514. The fourth-order valence-corrected chi connectivity index (χ4v) is 1.39. The molecule has 1 amide bonds. The average molecular weight is 206 g/mol. The number of carbonyl (C=O) groups excluding carboxylic acids is 1. The molecule has 0 saturated heterocycles. The Kier molecular flexibility index (Phi) is 4.31. The van der Waals surface area contributed by atoms with Gasteiger partial charge in [-0.1, -0.05) is 38.1 Å². The third-order valence-corrected chi connectivity index (χ3v) is 2.28. The summed E-state index contributed by atoms with van der Waals surface area (Å²) >= 11 is 0. The van der Waals surface area contributed by atoms with Crippen LogP contribution in [0.4, 0.5) is 0 Å². The highest BCUT2D eigenvalue weighted by molar-refractivity contribution is 5.78. The third kappa shape index (κ3) is 3.72. The van der Waals surface area contributed by atoms with Gasteiger partial charge in [0, 0.05) is 7.05 Å². The van der Waals surface area contributed by atoms with Gasteiger partial charge in [-0.05, 0) is 17.0 Å². The van der Waals surface area contributed by atoms with Crippen molar-refractivity contribution in [3.05, 3.63) is 35.4 Å². The van der Waals surface area contributed by atoms with Crippen LogP contribution in [0.25, 0.3) is 0 Å². The number of hydrogen-bond donors (Lipinski definition) is 2. The van der Waals surface area contributed by atoms with E-state index in [2.05, 4.69) is 36.8 Å². The Morgan fingerprint density at radius 3 is 2.33 bits per heavy atom. The summed E-state index contributed by atoms with van der Waals surface area (Å²) in [6, 6.07) is 8.16.